The van der Waals surface area contributed by atoms with E-state index in [0.717, 1.165) is 48.1 Å². The van der Waals surface area contributed by atoms with Gasteiger partial charge in [0, 0.05) is 54.9 Å². The Morgan fingerprint density at radius 3 is 2.68 bits per heavy atom. The number of carbonyl (C=O) groups is 1. The lowest BCUT2D eigenvalue weighted by molar-refractivity contribution is -0.147. The molecule has 2 aliphatic rings. The van der Waals surface area contributed by atoms with Gasteiger partial charge < -0.3 is 14.1 Å². The van der Waals surface area contributed by atoms with Crippen LogP contribution in [-0.2, 0) is 30.2 Å². The van der Waals surface area contributed by atoms with E-state index in [9.17, 15) is 4.79 Å². The summed E-state index contributed by atoms with van der Waals surface area (Å²) in [5.41, 5.74) is 7.13. The van der Waals surface area contributed by atoms with E-state index in [1.165, 1.54) is 22.4 Å². The number of aromatic nitrogens is 2. The Balaban J connectivity index is 1.27. The molecular weight excluding hydrogens is 426 g/mol. The summed E-state index contributed by atoms with van der Waals surface area (Å²) in [5, 5.41) is 10.2. The topological polar surface area (TPSA) is 71.5 Å². The number of hydrogen-bond acceptors (Lipinski definition) is 4. The molecule has 0 unspecified atom stereocenters. The minimum atomic E-state index is -0.693. The Morgan fingerprint density at radius 2 is 2.00 bits per heavy atom. The molecule has 2 fully saturated rings. The van der Waals surface area contributed by atoms with Gasteiger partial charge in [-0.25, -0.2) is 4.98 Å². The Morgan fingerprint density at radius 1 is 1.18 bits per heavy atom. The summed E-state index contributed by atoms with van der Waals surface area (Å²) >= 11 is 0. The first kappa shape index (κ1) is 21.2. The van der Waals surface area contributed by atoms with Gasteiger partial charge in [0.05, 0.1) is 12.2 Å². The van der Waals surface area contributed by atoms with Crippen molar-refractivity contribution in [1.29, 1.82) is 0 Å². The molecule has 0 radical (unpaired) electrons. The second kappa shape index (κ2) is 7.84. The van der Waals surface area contributed by atoms with Crippen molar-refractivity contribution in [3.05, 3.63) is 77.4 Å². The summed E-state index contributed by atoms with van der Waals surface area (Å²) in [7, 11) is 2.06. The highest BCUT2D eigenvalue weighted by molar-refractivity contribution is 5.84. The first-order chi connectivity index (χ1) is 16.5. The van der Waals surface area contributed by atoms with Gasteiger partial charge in [-0.05, 0) is 48.1 Å². The van der Waals surface area contributed by atoms with Crippen LogP contribution in [0.2, 0.25) is 0 Å². The van der Waals surface area contributed by atoms with Crippen LogP contribution in [-0.4, -0.2) is 38.6 Å². The third-order valence-corrected chi connectivity index (χ3v) is 7.66. The number of imidazole rings is 1. The molecule has 0 amide bonds. The maximum atomic E-state index is 11.1. The van der Waals surface area contributed by atoms with Gasteiger partial charge in [-0.15, -0.1) is 0 Å². The van der Waals surface area contributed by atoms with Crippen LogP contribution < -0.4 is 0 Å². The molecule has 174 valence electrons. The zero-order chi connectivity index (χ0) is 23.4. The summed E-state index contributed by atoms with van der Waals surface area (Å²) in [6.07, 6.45) is 7.05. The Bertz CT molecular complexity index is 1390. The molecule has 1 saturated heterocycles. The van der Waals surface area contributed by atoms with Crippen LogP contribution in [0.15, 0.2) is 59.4 Å². The average molecular weight is 456 g/mol. The molecular formula is C28H29N3O3. The molecule has 1 saturated carbocycles. The number of aliphatic carboxylic acids is 1. The number of carboxylic acid groups (broad SMARTS) is 1. The number of nitrogens with zero attached hydrogens (tertiary/aromatic N) is 3. The Hall–Kier alpha value is -3.38. The van der Waals surface area contributed by atoms with Gasteiger partial charge in [0.1, 0.15) is 11.3 Å². The SMILES string of the molecule is CCc1cc(CN2CC(C(=O)O)C2)ccc1-c1cc2ccc(C3(c4cncn4C)CC3)cc2o1. The highest BCUT2D eigenvalue weighted by Crippen LogP contribution is 2.53. The second-order valence-electron chi connectivity index (χ2n) is 9.91. The molecule has 3 heterocycles. The van der Waals surface area contributed by atoms with Crippen molar-refractivity contribution in [3.8, 4) is 11.3 Å². The van der Waals surface area contributed by atoms with E-state index in [2.05, 4.69) is 70.9 Å². The molecule has 6 nitrogen and oxygen atoms in total. The van der Waals surface area contributed by atoms with E-state index in [1.807, 2.05) is 12.5 Å². The molecule has 4 aromatic rings. The van der Waals surface area contributed by atoms with Crippen molar-refractivity contribution >= 4 is 16.9 Å². The zero-order valence-electron chi connectivity index (χ0n) is 19.6. The van der Waals surface area contributed by atoms with E-state index in [0.29, 0.717) is 13.1 Å². The first-order valence-electron chi connectivity index (χ1n) is 12.0. The molecule has 2 aromatic carbocycles. The summed E-state index contributed by atoms with van der Waals surface area (Å²) in [5.74, 6) is -0.0179. The number of fused-ring (bicyclic) bond motifs is 1. The standard InChI is InChI=1S/C28H29N3O3/c1-3-19-10-18(14-31-15-21(16-31)27(32)33)4-7-23(19)25-11-20-5-6-22(12-24(20)34-25)28(8-9-28)26-13-29-17-30(26)2/h4-7,10-13,17,21H,3,8-9,14-16H2,1-2H3,(H,32,33). The van der Waals surface area contributed by atoms with Crippen molar-refractivity contribution in [3.63, 3.8) is 0 Å². The van der Waals surface area contributed by atoms with E-state index in [4.69, 9.17) is 9.52 Å². The van der Waals surface area contributed by atoms with E-state index >= 15 is 0 Å². The fourth-order valence-corrected chi connectivity index (χ4v) is 5.49. The van der Waals surface area contributed by atoms with E-state index in [-0.39, 0.29) is 11.3 Å². The lowest BCUT2D eigenvalue weighted by atomic mass is 9.92. The van der Waals surface area contributed by atoms with Gasteiger partial charge in [0.15, 0.2) is 0 Å². The molecule has 1 N–H and O–H groups in total. The number of carboxylic acids is 1. The maximum Gasteiger partial charge on any atom is 0.309 e. The molecule has 2 aromatic heterocycles. The van der Waals surface area contributed by atoms with E-state index < -0.39 is 5.97 Å². The molecule has 34 heavy (non-hydrogen) atoms. The Labute approximate surface area is 198 Å². The lowest BCUT2D eigenvalue weighted by Gasteiger charge is -2.36. The van der Waals surface area contributed by atoms with Crippen LogP contribution in [0.1, 0.15) is 42.1 Å². The predicted molar refractivity (Wildman–Crippen MR) is 131 cm³/mol. The number of rotatable bonds is 7. The highest BCUT2D eigenvalue weighted by Gasteiger charge is 2.48. The number of hydrogen-bond donors (Lipinski definition) is 1. The fourth-order valence-electron chi connectivity index (χ4n) is 5.49. The second-order valence-corrected chi connectivity index (χ2v) is 9.91. The predicted octanol–water partition coefficient (Wildman–Crippen LogP) is 4.99. The van der Waals surface area contributed by atoms with Gasteiger partial charge in [-0.1, -0.05) is 37.3 Å². The molecule has 6 rings (SSSR count). The minimum Gasteiger partial charge on any atom is -0.481 e. The van der Waals surface area contributed by atoms with Crippen LogP contribution in [0.25, 0.3) is 22.3 Å². The monoisotopic (exact) mass is 455 g/mol. The fraction of sp³-hybridized carbons (Fsp3) is 0.357. The molecule has 1 aliphatic carbocycles. The van der Waals surface area contributed by atoms with Crippen molar-refractivity contribution in [1.82, 2.24) is 14.5 Å². The smallest absolute Gasteiger partial charge is 0.309 e. The van der Waals surface area contributed by atoms with Crippen molar-refractivity contribution in [2.75, 3.05) is 13.1 Å². The quantitative estimate of drug-likeness (QED) is 0.425. The summed E-state index contributed by atoms with van der Waals surface area (Å²) in [4.78, 5) is 17.6. The molecule has 0 atom stereocenters. The van der Waals surface area contributed by atoms with Crippen molar-refractivity contribution in [2.24, 2.45) is 13.0 Å². The summed E-state index contributed by atoms with van der Waals surface area (Å²) in [6, 6.07) is 15.3. The van der Waals surface area contributed by atoms with Crippen LogP contribution >= 0.6 is 0 Å². The van der Waals surface area contributed by atoms with Crippen molar-refractivity contribution < 1.29 is 14.3 Å². The molecule has 0 bridgehead atoms. The average Bonchev–Trinajstić information content (AvgIpc) is 3.30. The highest BCUT2D eigenvalue weighted by atomic mass is 16.4. The maximum absolute atomic E-state index is 11.1. The lowest BCUT2D eigenvalue weighted by Crippen LogP contribution is -2.49. The van der Waals surface area contributed by atoms with Crippen LogP contribution in [0.5, 0.6) is 0 Å². The van der Waals surface area contributed by atoms with E-state index in [1.54, 1.807) is 0 Å². The molecule has 6 heteroatoms. The zero-order valence-corrected chi connectivity index (χ0v) is 19.6. The Kier molecular flexibility index (Phi) is 4.88. The third kappa shape index (κ3) is 3.44. The minimum absolute atomic E-state index is 0.0547. The van der Waals surface area contributed by atoms with Gasteiger partial charge in [0.2, 0.25) is 0 Å². The number of likely N-dealkylation sites (tertiary alicyclic amines) is 1. The number of aryl methyl sites for hydroxylation is 2. The number of benzene rings is 2. The van der Waals surface area contributed by atoms with Crippen LogP contribution in [0.4, 0.5) is 0 Å². The normalized spacial score (nSPS) is 17.7. The number of furan rings is 1. The van der Waals surface area contributed by atoms with Gasteiger partial charge >= 0.3 is 5.97 Å². The van der Waals surface area contributed by atoms with Crippen molar-refractivity contribution in [2.45, 2.75) is 38.1 Å². The van der Waals surface area contributed by atoms with Gasteiger partial charge in [-0.3, -0.25) is 9.69 Å². The summed E-state index contributed by atoms with van der Waals surface area (Å²) < 4.78 is 8.53. The first-order valence-corrected chi connectivity index (χ1v) is 12.0. The molecule has 0 spiro atoms. The third-order valence-electron chi connectivity index (χ3n) is 7.66. The van der Waals surface area contributed by atoms with Gasteiger partial charge in [-0.2, -0.15) is 0 Å². The van der Waals surface area contributed by atoms with Crippen LogP contribution in [0, 0.1) is 5.92 Å². The van der Waals surface area contributed by atoms with Gasteiger partial charge in [0.25, 0.3) is 0 Å². The van der Waals surface area contributed by atoms with Crippen LogP contribution in [0.3, 0.4) is 0 Å². The summed E-state index contributed by atoms with van der Waals surface area (Å²) in [6.45, 7) is 4.21. The molecule has 1 aliphatic heterocycles. The largest absolute Gasteiger partial charge is 0.481 e.